The van der Waals surface area contributed by atoms with Crippen LogP contribution in [0.3, 0.4) is 0 Å². The van der Waals surface area contributed by atoms with E-state index >= 15 is 0 Å². The minimum Gasteiger partial charge on any atom is -0.368 e. The van der Waals surface area contributed by atoms with Crippen molar-refractivity contribution in [3.63, 3.8) is 0 Å². The highest BCUT2D eigenvalue weighted by Crippen LogP contribution is 2.17. The summed E-state index contributed by atoms with van der Waals surface area (Å²) >= 11 is 3.59. The lowest BCUT2D eigenvalue weighted by molar-refractivity contribution is -0.113. The van der Waals surface area contributed by atoms with E-state index in [2.05, 4.69) is 57.3 Å². The van der Waals surface area contributed by atoms with Crippen LogP contribution < -0.4 is 10.2 Å². The van der Waals surface area contributed by atoms with Crippen LogP contribution in [0.2, 0.25) is 0 Å². The van der Waals surface area contributed by atoms with E-state index in [1.54, 1.807) is 0 Å². The molecule has 1 saturated heterocycles. The highest BCUT2D eigenvalue weighted by Gasteiger charge is 2.16. The van der Waals surface area contributed by atoms with E-state index in [-0.39, 0.29) is 5.41 Å². The summed E-state index contributed by atoms with van der Waals surface area (Å²) < 4.78 is 0. The fourth-order valence-electron chi connectivity index (χ4n) is 1.70. The van der Waals surface area contributed by atoms with Crippen LogP contribution in [0, 0.1) is 12.3 Å². The molecule has 20 heavy (non-hydrogen) atoms. The van der Waals surface area contributed by atoms with E-state index in [9.17, 15) is 4.79 Å². The van der Waals surface area contributed by atoms with Gasteiger partial charge in [0, 0.05) is 30.7 Å². The third kappa shape index (κ3) is 6.53. The standard InChI is InChI=1S/C11H15BrN2.C5H10O/c1-9-2-4-10(5-3-9)14-7-6-13-11(12)8-14;1-5(2,3)4-6/h2-5,11,13H,6-8H2,1H3;4H,1-3H3. The van der Waals surface area contributed by atoms with Crippen molar-refractivity contribution in [1.29, 1.82) is 0 Å². The zero-order valence-electron chi connectivity index (χ0n) is 12.8. The largest absolute Gasteiger partial charge is 0.368 e. The molecule has 1 N–H and O–H groups in total. The molecule has 0 saturated carbocycles. The first kappa shape index (κ1) is 17.2. The molecule has 3 nitrogen and oxygen atoms in total. The molecule has 0 bridgehead atoms. The summed E-state index contributed by atoms with van der Waals surface area (Å²) in [5.41, 5.74) is 2.50. The Morgan fingerprint density at radius 3 is 2.30 bits per heavy atom. The summed E-state index contributed by atoms with van der Waals surface area (Å²) in [6.45, 7) is 10.9. The van der Waals surface area contributed by atoms with Crippen LogP contribution in [-0.4, -0.2) is 30.9 Å². The predicted octanol–water partition coefficient (Wildman–Crippen LogP) is 3.36. The Hall–Kier alpha value is -0.870. The Kier molecular flexibility index (Phi) is 6.69. The summed E-state index contributed by atoms with van der Waals surface area (Å²) in [6, 6.07) is 8.72. The van der Waals surface area contributed by atoms with Gasteiger partial charge in [-0.25, -0.2) is 0 Å². The van der Waals surface area contributed by atoms with Gasteiger partial charge in [-0.05, 0) is 19.1 Å². The van der Waals surface area contributed by atoms with E-state index in [1.807, 2.05) is 20.8 Å². The molecular formula is C16H25BrN2O. The van der Waals surface area contributed by atoms with Gasteiger partial charge in [0.05, 0.1) is 4.95 Å². The van der Waals surface area contributed by atoms with Crippen molar-refractivity contribution in [2.24, 2.45) is 5.41 Å². The van der Waals surface area contributed by atoms with Gasteiger partial charge >= 0.3 is 0 Å². The number of aldehydes is 1. The quantitative estimate of drug-likeness (QED) is 0.483. The molecule has 112 valence electrons. The number of aryl methyl sites for hydroxylation is 1. The maximum atomic E-state index is 9.83. The smallest absolute Gasteiger partial charge is 0.125 e. The molecule has 0 aromatic heterocycles. The number of hydrogen-bond donors (Lipinski definition) is 1. The Labute approximate surface area is 130 Å². The second-order valence-corrected chi connectivity index (χ2v) is 7.29. The van der Waals surface area contributed by atoms with Gasteiger partial charge in [-0.1, -0.05) is 54.4 Å². The van der Waals surface area contributed by atoms with Gasteiger partial charge < -0.3 is 15.0 Å². The fourth-order valence-corrected chi connectivity index (χ4v) is 2.27. The average molecular weight is 341 g/mol. The van der Waals surface area contributed by atoms with Crippen LogP contribution in [-0.2, 0) is 4.79 Å². The van der Waals surface area contributed by atoms with Gasteiger partial charge in [0.2, 0.25) is 0 Å². The zero-order valence-corrected chi connectivity index (χ0v) is 14.4. The van der Waals surface area contributed by atoms with Crippen molar-refractivity contribution < 1.29 is 4.79 Å². The second-order valence-electron chi connectivity index (χ2n) is 6.19. The van der Waals surface area contributed by atoms with E-state index in [0.29, 0.717) is 4.95 Å². The number of anilines is 1. The number of benzene rings is 1. The van der Waals surface area contributed by atoms with Gasteiger partial charge in [0.25, 0.3) is 0 Å². The molecule has 1 fully saturated rings. The number of rotatable bonds is 1. The molecule has 0 aliphatic carbocycles. The zero-order chi connectivity index (χ0) is 15.2. The Morgan fingerprint density at radius 2 is 1.85 bits per heavy atom. The van der Waals surface area contributed by atoms with Crippen molar-refractivity contribution in [2.75, 3.05) is 24.5 Å². The summed E-state index contributed by atoms with van der Waals surface area (Å²) in [6.07, 6.45) is 0.938. The van der Waals surface area contributed by atoms with E-state index in [4.69, 9.17) is 0 Å². The van der Waals surface area contributed by atoms with E-state index in [0.717, 1.165) is 25.9 Å². The molecule has 0 amide bonds. The Morgan fingerprint density at radius 1 is 1.30 bits per heavy atom. The molecule has 0 radical (unpaired) electrons. The lowest BCUT2D eigenvalue weighted by atomic mass is 10.0. The number of carbonyl (C=O) groups excluding carboxylic acids is 1. The van der Waals surface area contributed by atoms with Crippen molar-refractivity contribution in [1.82, 2.24) is 5.32 Å². The number of hydrogen-bond acceptors (Lipinski definition) is 3. The lowest BCUT2D eigenvalue weighted by Crippen LogP contribution is -2.47. The molecule has 1 heterocycles. The number of halogens is 1. The number of carbonyl (C=O) groups is 1. The van der Waals surface area contributed by atoms with Crippen LogP contribution >= 0.6 is 15.9 Å². The maximum Gasteiger partial charge on any atom is 0.125 e. The SMILES string of the molecule is CC(C)(C)C=O.Cc1ccc(N2CCNC(Br)C2)cc1. The van der Waals surface area contributed by atoms with E-state index < -0.39 is 0 Å². The third-order valence-corrected chi connectivity index (χ3v) is 3.49. The van der Waals surface area contributed by atoms with Crippen molar-refractivity contribution in [2.45, 2.75) is 32.6 Å². The topological polar surface area (TPSA) is 32.3 Å². The molecule has 1 unspecified atom stereocenters. The summed E-state index contributed by atoms with van der Waals surface area (Å²) in [5, 5.41) is 3.37. The molecule has 1 aromatic carbocycles. The van der Waals surface area contributed by atoms with Gasteiger partial charge in [0.1, 0.15) is 6.29 Å². The van der Waals surface area contributed by atoms with Crippen LogP contribution in [0.15, 0.2) is 24.3 Å². The Bertz CT molecular complexity index is 411. The van der Waals surface area contributed by atoms with Crippen molar-refractivity contribution in [3.8, 4) is 0 Å². The summed E-state index contributed by atoms with van der Waals surface area (Å²) in [7, 11) is 0. The molecule has 2 rings (SSSR count). The first-order valence-electron chi connectivity index (χ1n) is 6.97. The molecule has 1 atom stereocenters. The monoisotopic (exact) mass is 340 g/mol. The number of nitrogens with one attached hydrogen (secondary N) is 1. The minimum absolute atomic E-state index is 0.139. The van der Waals surface area contributed by atoms with Crippen molar-refractivity contribution in [3.05, 3.63) is 29.8 Å². The first-order chi connectivity index (χ1) is 9.31. The molecule has 1 aromatic rings. The van der Waals surface area contributed by atoms with Crippen LogP contribution in [0.4, 0.5) is 5.69 Å². The number of alkyl halides is 1. The Balaban J connectivity index is 0.000000286. The average Bonchev–Trinajstić information content (AvgIpc) is 2.39. The molecular weight excluding hydrogens is 316 g/mol. The fraction of sp³-hybridized carbons (Fsp3) is 0.562. The normalized spacial score (nSPS) is 19.1. The van der Waals surface area contributed by atoms with Crippen LogP contribution in [0.25, 0.3) is 0 Å². The number of piperazine rings is 1. The summed E-state index contributed by atoms with van der Waals surface area (Å²) in [4.78, 5) is 12.6. The minimum atomic E-state index is -0.139. The van der Waals surface area contributed by atoms with E-state index in [1.165, 1.54) is 11.3 Å². The van der Waals surface area contributed by atoms with Crippen LogP contribution in [0.5, 0.6) is 0 Å². The second kappa shape index (κ2) is 7.79. The highest BCUT2D eigenvalue weighted by molar-refractivity contribution is 9.09. The molecule has 1 aliphatic heterocycles. The predicted molar refractivity (Wildman–Crippen MR) is 89.6 cm³/mol. The van der Waals surface area contributed by atoms with Crippen LogP contribution in [0.1, 0.15) is 26.3 Å². The third-order valence-electron chi connectivity index (χ3n) is 2.88. The molecule has 0 spiro atoms. The molecule has 1 aliphatic rings. The van der Waals surface area contributed by atoms with Crippen molar-refractivity contribution >= 4 is 27.9 Å². The maximum absolute atomic E-state index is 9.83. The highest BCUT2D eigenvalue weighted by atomic mass is 79.9. The lowest BCUT2D eigenvalue weighted by Gasteiger charge is -2.32. The summed E-state index contributed by atoms with van der Waals surface area (Å²) in [5.74, 6) is 0. The first-order valence-corrected chi connectivity index (χ1v) is 7.89. The van der Waals surface area contributed by atoms with Gasteiger partial charge in [-0.15, -0.1) is 0 Å². The molecule has 4 heteroatoms. The van der Waals surface area contributed by atoms with Gasteiger partial charge in [-0.2, -0.15) is 0 Å². The van der Waals surface area contributed by atoms with Gasteiger partial charge in [0.15, 0.2) is 0 Å². The number of nitrogens with zero attached hydrogens (tertiary/aromatic N) is 1. The van der Waals surface area contributed by atoms with Gasteiger partial charge in [-0.3, -0.25) is 0 Å².